The van der Waals surface area contributed by atoms with Gasteiger partial charge in [0.2, 0.25) is 0 Å². The van der Waals surface area contributed by atoms with Crippen molar-refractivity contribution in [2.45, 2.75) is 11.7 Å². The monoisotopic (exact) mass is 448 g/mol. The van der Waals surface area contributed by atoms with Crippen molar-refractivity contribution >= 4 is 17.6 Å². The number of rotatable bonds is 3. The molecule has 0 bridgehead atoms. The minimum Gasteiger partial charge on any atom is -0.326 e. The number of nitrogens with one attached hydrogen (secondary N) is 3. The van der Waals surface area contributed by atoms with Crippen LogP contribution < -0.4 is 21.9 Å². The van der Waals surface area contributed by atoms with Crippen LogP contribution in [0, 0.1) is 5.82 Å². The van der Waals surface area contributed by atoms with Crippen LogP contribution in [0.15, 0.2) is 64.2 Å². The molecular weight excluding hydrogens is 436 g/mol. The standard InChI is InChI=1S/C20H12F4N4O4/c21-11-6-8-12(9-7-11)28-14-13(16(30)26-18(28)32)19(17(31)25-14,20(22,23)24)27-15(29)10-4-2-1-3-5-10/h1-9H,(H,25,31)(H,27,29)(H,26,30,32). The van der Waals surface area contributed by atoms with E-state index in [4.69, 9.17) is 0 Å². The first-order valence-electron chi connectivity index (χ1n) is 8.98. The van der Waals surface area contributed by atoms with E-state index in [1.165, 1.54) is 30.3 Å². The third-order valence-corrected chi connectivity index (χ3v) is 4.91. The van der Waals surface area contributed by atoms with E-state index >= 15 is 0 Å². The Morgan fingerprint density at radius 2 is 1.59 bits per heavy atom. The summed E-state index contributed by atoms with van der Waals surface area (Å²) in [7, 11) is 0. The fraction of sp³-hybridized carbons (Fsp3) is 0.100. The second-order valence-electron chi connectivity index (χ2n) is 6.82. The fourth-order valence-corrected chi connectivity index (χ4v) is 3.45. The first kappa shape index (κ1) is 21.0. The molecule has 0 radical (unpaired) electrons. The Morgan fingerprint density at radius 1 is 0.969 bits per heavy atom. The number of anilines is 1. The van der Waals surface area contributed by atoms with E-state index in [9.17, 15) is 36.7 Å². The number of carbonyl (C=O) groups excluding carboxylic acids is 2. The molecule has 1 aliphatic rings. The summed E-state index contributed by atoms with van der Waals surface area (Å²) in [4.78, 5) is 51.9. The molecule has 4 rings (SSSR count). The summed E-state index contributed by atoms with van der Waals surface area (Å²) in [5.74, 6) is -4.53. The molecule has 2 aromatic carbocycles. The number of alkyl halides is 3. The number of nitrogens with zero attached hydrogens (tertiary/aromatic N) is 1. The summed E-state index contributed by atoms with van der Waals surface area (Å²) in [6.07, 6.45) is -5.47. The van der Waals surface area contributed by atoms with Gasteiger partial charge in [-0.1, -0.05) is 18.2 Å². The summed E-state index contributed by atoms with van der Waals surface area (Å²) in [6, 6.07) is 10.8. The van der Waals surface area contributed by atoms with Gasteiger partial charge in [0.05, 0.1) is 5.69 Å². The van der Waals surface area contributed by atoms with Crippen molar-refractivity contribution in [3.8, 4) is 5.69 Å². The molecule has 3 N–H and O–H groups in total. The second kappa shape index (κ2) is 7.18. The Hall–Kier alpha value is -4.22. The maximum atomic E-state index is 14.3. The lowest BCUT2D eigenvalue weighted by Gasteiger charge is -2.30. The summed E-state index contributed by atoms with van der Waals surface area (Å²) in [5.41, 5.74) is -8.01. The molecule has 12 heteroatoms. The predicted molar refractivity (Wildman–Crippen MR) is 103 cm³/mol. The molecular formula is C20H12F4N4O4. The van der Waals surface area contributed by atoms with Crippen molar-refractivity contribution in [2.75, 3.05) is 5.32 Å². The fourth-order valence-electron chi connectivity index (χ4n) is 3.45. The number of H-pyrrole nitrogens is 1. The molecule has 1 unspecified atom stereocenters. The van der Waals surface area contributed by atoms with E-state index in [0.717, 1.165) is 24.3 Å². The zero-order valence-electron chi connectivity index (χ0n) is 15.8. The molecule has 2 amide bonds. The molecule has 32 heavy (non-hydrogen) atoms. The molecule has 1 aromatic heterocycles. The van der Waals surface area contributed by atoms with Gasteiger partial charge in [-0.15, -0.1) is 0 Å². The summed E-state index contributed by atoms with van der Waals surface area (Å²) in [6.45, 7) is 0. The van der Waals surface area contributed by atoms with E-state index < -0.39 is 52.0 Å². The van der Waals surface area contributed by atoms with Gasteiger partial charge in [-0.25, -0.2) is 13.8 Å². The van der Waals surface area contributed by atoms with Crippen molar-refractivity contribution in [1.82, 2.24) is 14.9 Å². The van der Waals surface area contributed by atoms with Crippen molar-refractivity contribution < 1.29 is 27.2 Å². The number of hydrogen-bond donors (Lipinski definition) is 3. The molecule has 164 valence electrons. The molecule has 0 aliphatic carbocycles. The van der Waals surface area contributed by atoms with Gasteiger partial charge in [-0.2, -0.15) is 13.2 Å². The van der Waals surface area contributed by atoms with Crippen molar-refractivity contribution in [3.63, 3.8) is 0 Å². The summed E-state index contributed by atoms with van der Waals surface area (Å²) < 4.78 is 56.8. The molecule has 1 aliphatic heterocycles. The minimum atomic E-state index is -5.47. The quantitative estimate of drug-likeness (QED) is 0.531. The number of carbonyl (C=O) groups is 2. The number of fused-ring (bicyclic) bond motifs is 1. The van der Waals surface area contributed by atoms with Crippen LogP contribution in [0.5, 0.6) is 0 Å². The number of aromatic nitrogens is 2. The summed E-state index contributed by atoms with van der Waals surface area (Å²) >= 11 is 0. The van der Waals surface area contributed by atoms with Crippen LogP contribution in [-0.4, -0.2) is 27.5 Å². The van der Waals surface area contributed by atoms with Gasteiger partial charge in [0, 0.05) is 5.56 Å². The number of halogens is 4. The molecule has 0 saturated carbocycles. The van der Waals surface area contributed by atoms with Crippen LogP contribution in [0.2, 0.25) is 0 Å². The number of amides is 2. The van der Waals surface area contributed by atoms with Crippen molar-refractivity contribution in [2.24, 2.45) is 0 Å². The summed E-state index contributed by atoms with van der Waals surface area (Å²) in [5, 5.41) is 3.52. The zero-order chi connectivity index (χ0) is 23.3. The highest BCUT2D eigenvalue weighted by atomic mass is 19.4. The zero-order valence-corrected chi connectivity index (χ0v) is 15.8. The van der Waals surface area contributed by atoms with Crippen molar-refractivity contribution in [1.29, 1.82) is 0 Å². The van der Waals surface area contributed by atoms with Crippen LogP contribution in [0.1, 0.15) is 15.9 Å². The van der Waals surface area contributed by atoms with E-state index in [1.54, 1.807) is 10.3 Å². The molecule has 1 atom stereocenters. The lowest BCUT2D eigenvalue weighted by atomic mass is 9.91. The third-order valence-electron chi connectivity index (χ3n) is 4.91. The van der Waals surface area contributed by atoms with Gasteiger partial charge in [-0.3, -0.25) is 19.4 Å². The number of benzene rings is 2. The Bertz CT molecular complexity index is 1350. The average molecular weight is 448 g/mol. The highest BCUT2D eigenvalue weighted by molar-refractivity contribution is 6.09. The van der Waals surface area contributed by atoms with E-state index in [1.807, 2.05) is 5.32 Å². The molecule has 3 aromatic rings. The molecule has 2 heterocycles. The highest BCUT2D eigenvalue weighted by Gasteiger charge is 2.68. The van der Waals surface area contributed by atoms with Gasteiger partial charge in [0.15, 0.2) is 0 Å². The van der Waals surface area contributed by atoms with Gasteiger partial charge in [0.25, 0.3) is 22.9 Å². The normalized spacial score (nSPS) is 17.6. The Labute approximate surface area is 175 Å². The van der Waals surface area contributed by atoms with E-state index in [2.05, 4.69) is 0 Å². The number of aromatic amines is 1. The first-order valence-corrected chi connectivity index (χ1v) is 8.98. The molecule has 0 saturated heterocycles. The molecule has 0 fully saturated rings. The SMILES string of the molecule is O=C(NC1(C(F)(F)F)C(=O)Nc2c1c(=O)[nH]c(=O)n2-c1ccc(F)cc1)c1ccccc1. The number of hydrogen-bond acceptors (Lipinski definition) is 4. The molecule has 0 spiro atoms. The Balaban J connectivity index is 1.98. The second-order valence-corrected chi connectivity index (χ2v) is 6.82. The Morgan fingerprint density at radius 3 is 2.19 bits per heavy atom. The van der Waals surface area contributed by atoms with Crippen LogP contribution in [-0.2, 0) is 10.3 Å². The van der Waals surface area contributed by atoms with Gasteiger partial charge in [-0.05, 0) is 36.4 Å². The van der Waals surface area contributed by atoms with E-state index in [0.29, 0.717) is 4.57 Å². The van der Waals surface area contributed by atoms with E-state index in [-0.39, 0.29) is 11.3 Å². The Kier molecular flexibility index (Phi) is 4.72. The topological polar surface area (TPSA) is 113 Å². The lowest BCUT2D eigenvalue weighted by molar-refractivity contribution is -0.196. The first-order chi connectivity index (χ1) is 15.1. The van der Waals surface area contributed by atoms with Crippen molar-refractivity contribution in [3.05, 3.63) is 92.4 Å². The predicted octanol–water partition coefficient (Wildman–Crippen LogP) is 1.80. The third kappa shape index (κ3) is 3.07. The van der Waals surface area contributed by atoms with Crippen LogP contribution >= 0.6 is 0 Å². The maximum absolute atomic E-state index is 14.3. The van der Waals surface area contributed by atoms with Gasteiger partial charge >= 0.3 is 11.9 Å². The van der Waals surface area contributed by atoms with Crippen LogP contribution in [0.25, 0.3) is 5.69 Å². The highest BCUT2D eigenvalue weighted by Crippen LogP contribution is 2.45. The largest absolute Gasteiger partial charge is 0.425 e. The van der Waals surface area contributed by atoms with Gasteiger partial charge in [0.1, 0.15) is 17.2 Å². The molecule has 8 nitrogen and oxygen atoms in total. The lowest BCUT2D eigenvalue weighted by Crippen LogP contribution is -2.62. The van der Waals surface area contributed by atoms with Gasteiger partial charge < -0.3 is 10.6 Å². The maximum Gasteiger partial charge on any atom is 0.425 e. The average Bonchev–Trinajstić information content (AvgIpc) is 3.03. The van der Waals surface area contributed by atoms with Crippen LogP contribution in [0.4, 0.5) is 23.4 Å². The minimum absolute atomic E-state index is 0.128. The van der Waals surface area contributed by atoms with Crippen LogP contribution in [0.3, 0.4) is 0 Å². The smallest absolute Gasteiger partial charge is 0.326 e.